The smallest absolute Gasteiger partial charge is 0.0997 e. The van der Waals surface area contributed by atoms with E-state index in [9.17, 15) is 0 Å². The third-order valence-corrected chi connectivity index (χ3v) is 2.58. The summed E-state index contributed by atoms with van der Waals surface area (Å²) in [6.45, 7) is 0. The average molecular weight is 219 g/mol. The van der Waals surface area contributed by atoms with E-state index in [4.69, 9.17) is 5.26 Å². The lowest BCUT2D eigenvalue weighted by atomic mass is 10.1. The Morgan fingerprint density at radius 1 is 0.941 bits per heavy atom. The third-order valence-electron chi connectivity index (χ3n) is 2.58. The molecule has 17 heavy (non-hydrogen) atoms. The Morgan fingerprint density at radius 2 is 1.65 bits per heavy atom. The number of allylic oxidation sites excluding steroid dienone is 1. The number of hydrogen-bond donors (Lipinski definition) is 0. The molecule has 2 aromatic carbocycles. The van der Waals surface area contributed by atoms with Gasteiger partial charge in [0.2, 0.25) is 0 Å². The molecule has 0 heterocycles. The fourth-order valence-electron chi connectivity index (χ4n) is 1.68. The standard InChI is InChI=1S/C16H13N/c17-13-16-11-5-4-10-15(16)12-6-9-14-7-2-1-3-8-14/h1-8,10-12H,9H2/b12-6+. The van der Waals surface area contributed by atoms with Crippen LogP contribution in [0.15, 0.2) is 60.7 Å². The van der Waals surface area contributed by atoms with E-state index in [-0.39, 0.29) is 0 Å². The molecule has 0 bridgehead atoms. The van der Waals surface area contributed by atoms with Gasteiger partial charge in [-0.05, 0) is 23.6 Å². The van der Waals surface area contributed by atoms with Gasteiger partial charge in [0, 0.05) is 0 Å². The molecule has 2 aromatic rings. The van der Waals surface area contributed by atoms with Crippen molar-refractivity contribution in [2.45, 2.75) is 6.42 Å². The van der Waals surface area contributed by atoms with Crippen molar-refractivity contribution in [3.63, 3.8) is 0 Å². The molecule has 0 atom stereocenters. The summed E-state index contributed by atoms with van der Waals surface area (Å²) < 4.78 is 0. The molecule has 1 heteroatoms. The van der Waals surface area contributed by atoms with Gasteiger partial charge in [0.15, 0.2) is 0 Å². The summed E-state index contributed by atoms with van der Waals surface area (Å²) in [4.78, 5) is 0. The zero-order chi connectivity index (χ0) is 11.9. The molecule has 0 aliphatic rings. The van der Waals surface area contributed by atoms with Gasteiger partial charge in [0.1, 0.15) is 0 Å². The Kier molecular flexibility index (Phi) is 3.72. The van der Waals surface area contributed by atoms with E-state index in [1.807, 2.05) is 48.5 Å². The van der Waals surface area contributed by atoms with Crippen LogP contribution >= 0.6 is 0 Å². The van der Waals surface area contributed by atoms with Crippen LogP contribution in [0.5, 0.6) is 0 Å². The minimum Gasteiger partial charge on any atom is -0.192 e. The van der Waals surface area contributed by atoms with Gasteiger partial charge >= 0.3 is 0 Å². The predicted octanol–water partition coefficient (Wildman–Crippen LogP) is 3.81. The lowest BCUT2D eigenvalue weighted by molar-refractivity contribution is 1.28. The Labute approximate surface area is 102 Å². The Balaban J connectivity index is 2.09. The SMILES string of the molecule is N#Cc1ccccc1/C=C/Cc1ccccc1. The number of rotatable bonds is 3. The third kappa shape index (κ3) is 3.06. The minimum atomic E-state index is 0.719. The highest BCUT2D eigenvalue weighted by Gasteiger charge is 1.95. The van der Waals surface area contributed by atoms with Crippen LogP contribution in [0.2, 0.25) is 0 Å². The molecule has 0 aliphatic heterocycles. The molecule has 0 N–H and O–H groups in total. The molecule has 1 nitrogen and oxygen atoms in total. The van der Waals surface area contributed by atoms with Gasteiger partial charge in [-0.2, -0.15) is 5.26 Å². The van der Waals surface area contributed by atoms with Crippen molar-refractivity contribution < 1.29 is 0 Å². The topological polar surface area (TPSA) is 23.8 Å². The lowest BCUT2D eigenvalue weighted by Gasteiger charge is -1.97. The molecular formula is C16H13N. The summed E-state index contributed by atoms with van der Waals surface area (Å²) in [5.74, 6) is 0. The number of nitrogens with zero attached hydrogens (tertiary/aromatic N) is 1. The van der Waals surface area contributed by atoms with Crippen LogP contribution in [-0.4, -0.2) is 0 Å². The van der Waals surface area contributed by atoms with Crippen molar-refractivity contribution in [2.24, 2.45) is 0 Å². The molecule has 82 valence electrons. The minimum absolute atomic E-state index is 0.719. The molecule has 0 aromatic heterocycles. The summed E-state index contributed by atoms with van der Waals surface area (Å²) in [5.41, 5.74) is 2.97. The first kappa shape index (κ1) is 11.2. The summed E-state index contributed by atoms with van der Waals surface area (Å²) >= 11 is 0. The first-order chi connectivity index (χ1) is 8.40. The van der Waals surface area contributed by atoms with Gasteiger partial charge in [-0.3, -0.25) is 0 Å². The monoisotopic (exact) mass is 219 g/mol. The highest BCUT2D eigenvalue weighted by Crippen LogP contribution is 2.10. The van der Waals surface area contributed by atoms with Crippen molar-refractivity contribution in [3.05, 3.63) is 77.4 Å². The predicted molar refractivity (Wildman–Crippen MR) is 70.3 cm³/mol. The fraction of sp³-hybridized carbons (Fsp3) is 0.0625. The van der Waals surface area contributed by atoms with Gasteiger partial charge in [0.25, 0.3) is 0 Å². The number of hydrogen-bond acceptors (Lipinski definition) is 1. The van der Waals surface area contributed by atoms with E-state index in [0.717, 1.165) is 17.5 Å². The van der Waals surface area contributed by atoms with E-state index in [1.165, 1.54) is 5.56 Å². The molecule has 0 saturated heterocycles. The van der Waals surface area contributed by atoms with Gasteiger partial charge in [-0.15, -0.1) is 0 Å². The molecule has 0 amide bonds. The second-order valence-electron chi connectivity index (χ2n) is 3.79. The molecular weight excluding hydrogens is 206 g/mol. The average Bonchev–Trinajstić information content (AvgIpc) is 2.40. The van der Waals surface area contributed by atoms with Crippen molar-refractivity contribution in [1.82, 2.24) is 0 Å². The summed E-state index contributed by atoms with van der Waals surface area (Å²) in [5, 5.41) is 8.95. The molecule has 0 saturated carbocycles. The van der Waals surface area contributed by atoms with Crippen LogP contribution in [0.4, 0.5) is 0 Å². The van der Waals surface area contributed by atoms with E-state index in [2.05, 4.69) is 24.3 Å². The van der Waals surface area contributed by atoms with E-state index in [0.29, 0.717) is 0 Å². The van der Waals surface area contributed by atoms with Crippen molar-refractivity contribution in [1.29, 1.82) is 5.26 Å². The quantitative estimate of drug-likeness (QED) is 0.770. The summed E-state index contributed by atoms with van der Waals surface area (Å²) in [6, 6.07) is 20.1. The van der Waals surface area contributed by atoms with Crippen molar-refractivity contribution in [3.8, 4) is 6.07 Å². The largest absolute Gasteiger partial charge is 0.192 e. The maximum Gasteiger partial charge on any atom is 0.0997 e. The molecule has 0 fully saturated rings. The maximum atomic E-state index is 8.95. The fourth-order valence-corrected chi connectivity index (χ4v) is 1.68. The first-order valence-corrected chi connectivity index (χ1v) is 5.60. The lowest BCUT2D eigenvalue weighted by Crippen LogP contribution is -1.82. The maximum absolute atomic E-state index is 8.95. The molecule has 0 unspecified atom stereocenters. The van der Waals surface area contributed by atoms with Crippen LogP contribution in [-0.2, 0) is 6.42 Å². The van der Waals surface area contributed by atoms with E-state index in [1.54, 1.807) is 0 Å². The molecule has 2 rings (SSSR count). The zero-order valence-corrected chi connectivity index (χ0v) is 9.51. The van der Waals surface area contributed by atoms with E-state index >= 15 is 0 Å². The highest BCUT2D eigenvalue weighted by atomic mass is 14.2. The van der Waals surface area contributed by atoms with Crippen molar-refractivity contribution >= 4 is 6.08 Å². The Morgan fingerprint density at radius 3 is 2.41 bits per heavy atom. The van der Waals surface area contributed by atoms with Crippen LogP contribution < -0.4 is 0 Å². The van der Waals surface area contributed by atoms with Crippen LogP contribution in [0.1, 0.15) is 16.7 Å². The van der Waals surface area contributed by atoms with Crippen LogP contribution in [0.25, 0.3) is 6.08 Å². The molecule has 0 aliphatic carbocycles. The Bertz CT molecular complexity index is 547. The van der Waals surface area contributed by atoms with E-state index < -0.39 is 0 Å². The molecule has 0 spiro atoms. The highest BCUT2D eigenvalue weighted by molar-refractivity contribution is 5.58. The summed E-state index contributed by atoms with van der Waals surface area (Å²) in [6.07, 6.45) is 4.98. The van der Waals surface area contributed by atoms with Gasteiger partial charge in [0.05, 0.1) is 11.6 Å². The molecule has 0 radical (unpaired) electrons. The zero-order valence-electron chi connectivity index (χ0n) is 9.51. The Hall–Kier alpha value is -2.33. The second kappa shape index (κ2) is 5.67. The summed E-state index contributed by atoms with van der Waals surface area (Å²) in [7, 11) is 0. The number of benzene rings is 2. The number of nitriles is 1. The van der Waals surface area contributed by atoms with Gasteiger partial charge in [-0.1, -0.05) is 60.7 Å². The van der Waals surface area contributed by atoms with Crippen LogP contribution in [0, 0.1) is 11.3 Å². The van der Waals surface area contributed by atoms with Crippen LogP contribution in [0.3, 0.4) is 0 Å². The van der Waals surface area contributed by atoms with Gasteiger partial charge < -0.3 is 0 Å². The van der Waals surface area contributed by atoms with Crippen molar-refractivity contribution in [2.75, 3.05) is 0 Å². The first-order valence-electron chi connectivity index (χ1n) is 5.60. The normalized spacial score (nSPS) is 10.3. The second-order valence-corrected chi connectivity index (χ2v) is 3.79. The van der Waals surface area contributed by atoms with Gasteiger partial charge in [-0.25, -0.2) is 0 Å².